The van der Waals surface area contributed by atoms with Crippen LogP contribution in [-0.4, -0.2) is 18.3 Å². The maximum Gasteiger partial charge on any atom is 0.102 e. The Morgan fingerprint density at radius 3 is 2.41 bits per heavy atom. The summed E-state index contributed by atoms with van der Waals surface area (Å²) in [5, 5.41) is 9.92. The van der Waals surface area contributed by atoms with Gasteiger partial charge in [0.2, 0.25) is 0 Å². The van der Waals surface area contributed by atoms with E-state index < -0.39 is 6.10 Å². The number of hydrogen-bond donors (Lipinski definition) is 1. The van der Waals surface area contributed by atoms with E-state index in [0.29, 0.717) is 6.61 Å². The van der Waals surface area contributed by atoms with Crippen molar-refractivity contribution in [2.24, 2.45) is 0 Å². The minimum atomic E-state index is -0.498. The second kappa shape index (κ2) is 8.26. The summed E-state index contributed by atoms with van der Waals surface area (Å²) < 4.78 is 5.46. The van der Waals surface area contributed by atoms with Gasteiger partial charge in [-0.05, 0) is 24.0 Å². The van der Waals surface area contributed by atoms with Crippen LogP contribution in [0.1, 0.15) is 50.3 Å². The maximum atomic E-state index is 9.92. The average molecular weight is 236 g/mol. The van der Waals surface area contributed by atoms with Crippen molar-refractivity contribution < 1.29 is 9.84 Å². The van der Waals surface area contributed by atoms with Crippen molar-refractivity contribution in [1.29, 1.82) is 0 Å². The Morgan fingerprint density at radius 1 is 1.12 bits per heavy atom. The van der Waals surface area contributed by atoms with Gasteiger partial charge in [-0.15, -0.1) is 0 Å². The van der Waals surface area contributed by atoms with Crippen LogP contribution in [0.5, 0.6) is 0 Å². The highest BCUT2D eigenvalue weighted by Gasteiger charge is 2.06. The highest BCUT2D eigenvalue weighted by Crippen LogP contribution is 2.14. The molecule has 0 aliphatic carbocycles. The van der Waals surface area contributed by atoms with Crippen molar-refractivity contribution in [3.05, 3.63) is 35.4 Å². The summed E-state index contributed by atoms with van der Waals surface area (Å²) in [6, 6.07) is 8.10. The van der Waals surface area contributed by atoms with E-state index in [4.69, 9.17) is 4.74 Å². The van der Waals surface area contributed by atoms with E-state index in [0.717, 1.165) is 25.0 Å². The molecule has 1 aromatic rings. The molecule has 1 atom stereocenters. The molecule has 0 saturated heterocycles. The van der Waals surface area contributed by atoms with Gasteiger partial charge in [-0.25, -0.2) is 0 Å². The monoisotopic (exact) mass is 236 g/mol. The molecule has 0 aliphatic rings. The molecule has 0 spiro atoms. The number of ether oxygens (including phenoxy) is 1. The lowest BCUT2D eigenvalue weighted by molar-refractivity contribution is 0.0345. The summed E-state index contributed by atoms with van der Waals surface area (Å²) in [7, 11) is 0. The molecular formula is C15H24O2. The smallest absolute Gasteiger partial charge is 0.102 e. The molecule has 0 aromatic heterocycles. The Hall–Kier alpha value is -0.860. The first-order chi connectivity index (χ1) is 8.27. The predicted molar refractivity (Wildman–Crippen MR) is 71.1 cm³/mol. The van der Waals surface area contributed by atoms with Gasteiger partial charge in [0.25, 0.3) is 0 Å². The van der Waals surface area contributed by atoms with Crippen LogP contribution < -0.4 is 0 Å². The standard InChI is InChI=1S/C15H24O2/c1-3-5-6-11-17-12-15(16)14-9-7-13(4-2)8-10-14/h7-10,15-16H,3-6,11-12H2,1-2H3. The minimum absolute atomic E-state index is 0.398. The molecule has 96 valence electrons. The quantitative estimate of drug-likeness (QED) is 0.700. The molecule has 0 amide bonds. The van der Waals surface area contributed by atoms with Crippen molar-refractivity contribution in [1.82, 2.24) is 0 Å². The van der Waals surface area contributed by atoms with Crippen LogP contribution in [0.15, 0.2) is 24.3 Å². The fourth-order valence-electron chi connectivity index (χ4n) is 1.72. The summed E-state index contributed by atoms with van der Waals surface area (Å²) in [5.41, 5.74) is 2.24. The predicted octanol–water partition coefficient (Wildman–Crippen LogP) is 3.49. The van der Waals surface area contributed by atoms with Crippen LogP contribution in [0.2, 0.25) is 0 Å². The third-order valence-corrected chi connectivity index (χ3v) is 2.94. The number of hydrogen-bond acceptors (Lipinski definition) is 2. The SMILES string of the molecule is CCCCCOCC(O)c1ccc(CC)cc1. The van der Waals surface area contributed by atoms with E-state index in [1.165, 1.54) is 18.4 Å². The van der Waals surface area contributed by atoms with Gasteiger partial charge >= 0.3 is 0 Å². The molecule has 0 aliphatic heterocycles. The molecule has 2 nitrogen and oxygen atoms in total. The van der Waals surface area contributed by atoms with Crippen LogP contribution in [0.4, 0.5) is 0 Å². The fourth-order valence-corrected chi connectivity index (χ4v) is 1.72. The lowest BCUT2D eigenvalue weighted by atomic mass is 10.1. The Bertz CT molecular complexity index is 292. The van der Waals surface area contributed by atoms with Crippen molar-refractivity contribution in [2.75, 3.05) is 13.2 Å². The van der Waals surface area contributed by atoms with E-state index in [-0.39, 0.29) is 0 Å². The van der Waals surface area contributed by atoms with Gasteiger partial charge < -0.3 is 9.84 Å². The van der Waals surface area contributed by atoms with Gasteiger partial charge in [-0.2, -0.15) is 0 Å². The van der Waals surface area contributed by atoms with Gasteiger partial charge in [-0.3, -0.25) is 0 Å². The third-order valence-electron chi connectivity index (χ3n) is 2.94. The summed E-state index contributed by atoms with van der Waals surface area (Å²) in [6.45, 7) is 5.44. The second-order valence-corrected chi connectivity index (χ2v) is 4.39. The van der Waals surface area contributed by atoms with E-state index in [9.17, 15) is 5.11 Å². The number of aliphatic hydroxyl groups is 1. The Balaban J connectivity index is 2.28. The fraction of sp³-hybridized carbons (Fsp3) is 0.600. The first kappa shape index (κ1) is 14.2. The molecule has 1 unspecified atom stereocenters. The Labute approximate surface area is 105 Å². The van der Waals surface area contributed by atoms with E-state index in [1.807, 2.05) is 12.1 Å². The first-order valence-corrected chi connectivity index (χ1v) is 6.62. The largest absolute Gasteiger partial charge is 0.386 e. The van der Waals surface area contributed by atoms with Gasteiger partial charge in [0, 0.05) is 6.61 Å². The molecular weight excluding hydrogens is 212 g/mol. The zero-order chi connectivity index (χ0) is 12.5. The van der Waals surface area contributed by atoms with Crippen molar-refractivity contribution >= 4 is 0 Å². The average Bonchev–Trinajstić information content (AvgIpc) is 2.38. The first-order valence-electron chi connectivity index (χ1n) is 6.62. The molecule has 1 rings (SSSR count). The van der Waals surface area contributed by atoms with E-state index in [2.05, 4.69) is 26.0 Å². The summed E-state index contributed by atoms with van der Waals surface area (Å²) in [4.78, 5) is 0. The number of aliphatic hydroxyl groups excluding tert-OH is 1. The molecule has 1 aromatic carbocycles. The lowest BCUT2D eigenvalue weighted by Gasteiger charge is -2.12. The molecule has 0 fully saturated rings. The van der Waals surface area contributed by atoms with Gasteiger partial charge in [0.15, 0.2) is 0 Å². The van der Waals surface area contributed by atoms with Crippen LogP contribution >= 0.6 is 0 Å². The third kappa shape index (κ3) is 5.33. The molecule has 0 heterocycles. The Morgan fingerprint density at radius 2 is 1.82 bits per heavy atom. The summed E-state index contributed by atoms with van der Waals surface area (Å²) in [6.07, 6.45) is 4.01. The summed E-state index contributed by atoms with van der Waals surface area (Å²) in [5.74, 6) is 0. The normalized spacial score (nSPS) is 12.6. The van der Waals surface area contributed by atoms with E-state index >= 15 is 0 Å². The minimum Gasteiger partial charge on any atom is -0.386 e. The molecule has 17 heavy (non-hydrogen) atoms. The van der Waals surface area contributed by atoms with Crippen molar-refractivity contribution in [2.45, 2.75) is 45.6 Å². The number of rotatable bonds is 8. The number of unbranched alkanes of at least 4 members (excludes halogenated alkanes) is 2. The molecule has 1 N–H and O–H groups in total. The number of aryl methyl sites for hydroxylation is 1. The van der Waals surface area contributed by atoms with Gasteiger partial charge in [0.1, 0.15) is 6.10 Å². The van der Waals surface area contributed by atoms with Gasteiger partial charge in [0.05, 0.1) is 6.61 Å². The lowest BCUT2D eigenvalue weighted by Crippen LogP contribution is -2.08. The van der Waals surface area contributed by atoms with Crippen LogP contribution in [0.3, 0.4) is 0 Å². The summed E-state index contributed by atoms with van der Waals surface area (Å²) >= 11 is 0. The zero-order valence-corrected chi connectivity index (χ0v) is 11.0. The molecule has 0 radical (unpaired) electrons. The van der Waals surface area contributed by atoms with Crippen molar-refractivity contribution in [3.63, 3.8) is 0 Å². The van der Waals surface area contributed by atoms with Crippen molar-refractivity contribution in [3.8, 4) is 0 Å². The van der Waals surface area contributed by atoms with Gasteiger partial charge in [-0.1, -0.05) is 51.0 Å². The van der Waals surface area contributed by atoms with Crippen LogP contribution in [0.25, 0.3) is 0 Å². The Kier molecular flexibility index (Phi) is 6.90. The van der Waals surface area contributed by atoms with Crippen LogP contribution in [-0.2, 0) is 11.2 Å². The van der Waals surface area contributed by atoms with Crippen LogP contribution in [0, 0.1) is 0 Å². The zero-order valence-electron chi connectivity index (χ0n) is 11.0. The topological polar surface area (TPSA) is 29.5 Å². The molecule has 0 bridgehead atoms. The second-order valence-electron chi connectivity index (χ2n) is 4.39. The molecule has 0 saturated carbocycles. The highest BCUT2D eigenvalue weighted by atomic mass is 16.5. The maximum absolute atomic E-state index is 9.92. The molecule has 2 heteroatoms. The highest BCUT2D eigenvalue weighted by molar-refractivity contribution is 5.24. The van der Waals surface area contributed by atoms with E-state index in [1.54, 1.807) is 0 Å². The number of benzene rings is 1.